The molecule has 0 amide bonds. The van der Waals surface area contributed by atoms with Gasteiger partial charge in [-0.25, -0.2) is 0 Å². The minimum Gasteiger partial charge on any atom is -0.491 e. The van der Waals surface area contributed by atoms with Crippen molar-refractivity contribution in [1.82, 2.24) is 0 Å². The molecule has 0 saturated carbocycles. The Morgan fingerprint density at radius 1 is 0.681 bits per heavy atom. The predicted molar refractivity (Wildman–Crippen MR) is 189 cm³/mol. The quantitative estimate of drug-likeness (QED) is 0.0753. The molecule has 0 heterocycles. The van der Waals surface area contributed by atoms with Crippen molar-refractivity contribution < 1.29 is 23.7 Å². The van der Waals surface area contributed by atoms with E-state index in [1.807, 2.05) is 26.0 Å². The van der Waals surface area contributed by atoms with Crippen LogP contribution in [0.3, 0.4) is 0 Å². The normalized spacial score (nSPS) is 13.8. The van der Waals surface area contributed by atoms with E-state index in [-0.39, 0.29) is 24.1 Å². The molecule has 0 bridgehead atoms. The lowest BCUT2D eigenvalue weighted by molar-refractivity contribution is -0.148. The van der Waals surface area contributed by atoms with Crippen molar-refractivity contribution in [3.05, 3.63) is 119 Å². The first-order valence-corrected chi connectivity index (χ1v) is 17.3. The fraction of sp³-hybridized carbons (Fsp3) is 0.405. The van der Waals surface area contributed by atoms with Gasteiger partial charge in [0.25, 0.3) is 0 Å². The lowest BCUT2D eigenvalue weighted by atomic mass is 9.68. The van der Waals surface area contributed by atoms with Crippen molar-refractivity contribution in [3.63, 3.8) is 0 Å². The second-order valence-corrected chi connectivity index (χ2v) is 13.1. The Labute approximate surface area is 281 Å². The molecule has 1 aliphatic carbocycles. The molecule has 1 atom stereocenters. The first-order chi connectivity index (χ1) is 22.8. The standard InChI is InChI=1S/C42H50O5/c1-6-8-13-26-41(4,5)47-30-29-45-35-24-20-33(21-25-35)42(38-16-11-9-14-36(38)37-15-10-12-17-39(37)42)32-18-22-34(23-19-32)44-27-28-46-40(43)31(3)7-2/h9-12,14-25,31H,6-8,13,26-30H2,1-5H3. The highest BCUT2D eigenvalue weighted by atomic mass is 16.6. The monoisotopic (exact) mass is 634 g/mol. The molecule has 5 rings (SSSR count). The van der Waals surface area contributed by atoms with Crippen LogP contribution in [0.2, 0.25) is 0 Å². The van der Waals surface area contributed by atoms with E-state index >= 15 is 0 Å². The van der Waals surface area contributed by atoms with Gasteiger partial charge in [0.05, 0.1) is 23.5 Å². The zero-order chi connectivity index (χ0) is 33.3. The molecule has 0 aliphatic heterocycles. The van der Waals surface area contributed by atoms with Crippen LogP contribution in [0.5, 0.6) is 11.5 Å². The van der Waals surface area contributed by atoms with Crippen LogP contribution in [0.25, 0.3) is 11.1 Å². The molecule has 4 aromatic carbocycles. The molecule has 0 aromatic heterocycles. The highest BCUT2D eigenvalue weighted by molar-refractivity contribution is 5.86. The predicted octanol–water partition coefficient (Wildman–Crippen LogP) is 9.77. The van der Waals surface area contributed by atoms with Crippen molar-refractivity contribution in [3.8, 4) is 22.6 Å². The molecule has 5 nitrogen and oxygen atoms in total. The van der Waals surface area contributed by atoms with Gasteiger partial charge in [0.1, 0.15) is 31.3 Å². The Morgan fingerprint density at radius 3 is 1.70 bits per heavy atom. The van der Waals surface area contributed by atoms with Gasteiger partial charge in [-0.1, -0.05) is 113 Å². The van der Waals surface area contributed by atoms with Crippen molar-refractivity contribution in [2.24, 2.45) is 5.92 Å². The van der Waals surface area contributed by atoms with Crippen LogP contribution in [0, 0.1) is 5.92 Å². The Hall–Kier alpha value is -4.09. The summed E-state index contributed by atoms with van der Waals surface area (Å²) in [6, 6.07) is 34.3. The summed E-state index contributed by atoms with van der Waals surface area (Å²) in [5.41, 5.74) is 6.65. The first kappa shape index (κ1) is 34.3. The molecule has 248 valence electrons. The van der Waals surface area contributed by atoms with Gasteiger partial charge >= 0.3 is 5.97 Å². The number of carbonyl (C=O) groups excluding carboxylic acids is 1. The van der Waals surface area contributed by atoms with E-state index in [2.05, 4.69) is 106 Å². The number of rotatable bonds is 17. The summed E-state index contributed by atoms with van der Waals surface area (Å²) >= 11 is 0. The van der Waals surface area contributed by atoms with E-state index in [4.69, 9.17) is 18.9 Å². The zero-order valence-corrected chi connectivity index (χ0v) is 28.7. The Kier molecular flexibility index (Phi) is 11.4. The Balaban J connectivity index is 1.36. The molecule has 0 N–H and O–H groups in total. The first-order valence-electron chi connectivity index (χ1n) is 17.3. The average molecular weight is 635 g/mol. The number of unbranched alkanes of at least 4 members (excludes halogenated alkanes) is 2. The average Bonchev–Trinajstić information content (AvgIpc) is 3.40. The summed E-state index contributed by atoms with van der Waals surface area (Å²) in [6.45, 7) is 12.0. The molecular weight excluding hydrogens is 584 g/mol. The number of hydrogen-bond acceptors (Lipinski definition) is 5. The number of ether oxygens (including phenoxy) is 4. The van der Waals surface area contributed by atoms with Gasteiger partial charge in [-0.05, 0) is 84.3 Å². The smallest absolute Gasteiger partial charge is 0.308 e. The van der Waals surface area contributed by atoms with Gasteiger partial charge in [0, 0.05) is 0 Å². The van der Waals surface area contributed by atoms with Gasteiger partial charge in [0.2, 0.25) is 0 Å². The Bertz CT molecular complexity index is 1540. The lowest BCUT2D eigenvalue weighted by Gasteiger charge is -2.34. The van der Waals surface area contributed by atoms with Crippen LogP contribution >= 0.6 is 0 Å². The summed E-state index contributed by atoms with van der Waals surface area (Å²) in [4.78, 5) is 12.0. The van der Waals surface area contributed by atoms with E-state index in [9.17, 15) is 4.79 Å². The van der Waals surface area contributed by atoms with Crippen LogP contribution in [0.1, 0.15) is 89.0 Å². The molecular formula is C42H50O5. The second-order valence-electron chi connectivity index (χ2n) is 13.1. The van der Waals surface area contributed by atoms with Gasteiger partial charge in [-0.3, -0.25) is 4.79 Å². The number of esters is 1. The third-order valence-corrected chi connectivity index (χ3v) is 9.37. The molecule has 0 fully saturated rings. The molecule has 0 saturated heterocycles. The number of carbonyl (C=O) groups is 1. The molecule has 5 heteroatoms. The largest absolute Gasteiger partial charge is 0.491 e. The summed E-state index contributed by atoms with van der Waals surface area (Å²) in [7, 11) is 0. The highest BCUT2D eigenvalue weighted by Gasteiger charge is 2.45. The second kappa shape index (κ2) is 15.7. The molecule has 47 heavy (non-hydrogen) atoms. The van der Waals surface area contributed by atoms with Crippen LogP contribution in [0.15, 0.2) is 97.1 Å². The van der Waals surface area contributed by atoms with Crippen LogP contribution in [0.4, 0.5) is 0 Å². The van der Waals surface area contributed by atoms with Gasteiger partial charge < -0.3 is 18.9 Å². The van der Waals surface area contributed by atoms with E-state index in [1.54, 1.807) is 0 Å². The van der Waals surface area contributed by atoms with E-state index < -0.39 is 5.41 Å². The molecule has 4 aromatic rings. The van der Waals surface area contributed by atoms with Crippen LogP contribution in [-0.2, 0) is 19.7 Å². The number of hydrogen-bond donors (Lipinski definition) is 0. The summed E-state index contributed by atoms with van der Waals surface area (Å²) in [6.07, 6.45) is 5.46. The van der Waals surface area contributed by atoms with E-state index in [1.165, 1.54) is 47.1 Å². The van der Waals surface area contributed by atoms with Crippen molar-refractivity contribution in [2.75, 3.05) is 26.4 Å². The minimum absolute atomic E-state index is 0.102. The van der Waals surface area contributed by atoms with Crippen LogP contribution in [-0.4, -0.2) is 38.0 Å². The van der Waals surface area contributed by atoms with E-state index in [0.717, 1.165) is 29.9 Å². The van der Waals surface area contributed by atoms with E-state index in [0.29, 0.717) is 19.8 Å². The van der Waals surface area contributed by atoms with Crippen LogP contribution < -0.4 is 9.47 Å². The summed E-state index contributed by atoms with van der Waals surface area (Å²) in [5.74, 6) is 1.28. The van der Waals surface area contributed by atoms with Gasteiger partial charge in [-0.15, -0.1) is 0 Å². The zero-order valence-electron chi connectivity index (χ0n) is 28.7. The van der Waals surface area contributed by atoms with Gasteiger partial charge in [0.15, 0.2) is 0 Å². The maximum absolute atomic E-state index is 12.0. The fourth-order valence-electron chi connectivity index (χ4n) is 6.59. The fourth-order valence-corrected chi connectivity index (χ4v) is 6.59. The van der Waals surface area contributed by atoms with Crippen molar-refractivity contribution >= 4 is 5.97 Å². The SMILES string of the molecule is CCCCCC(C)(C)OCCOc1ccc(C2(c3ccc(OCCOC(=O)C(C)CC)cc3)c3ccccc3-c3ccccc32)cc1. The maximum Gasteiger partial charge on any atom is 0.308 e. The lowest BCUT2D eigenvalue weighted by Crippen LogP contribution is -2.28. The third kappa shape index (κ3) is 7.73. The third-order valence-electron chi connectivity index (χ3n) is 9.37. The van der Waals surface area contributed by atoms with Gasteiger partial charge in [-0.2, -0.15) is 0 Å². The number of benzene rings is 4. The maximum atomic E-state index is 12.0. The Morgan fingerprint density at radius 2 is 1.19 bits per heavy atom. The molecule has 0 radical (unpaired) electrons. The topological polar surface area (TPSA) is 54.0 Å². The molecule has 1 unspecified atom stereocenters. The summed E-state index contributed by atoms with van der Waals surface area (Å²) < 4.78 is 23.6. The highest BCUT2D eigenvalue weighted by Crippen LogP contribution is 2.56. The molecule has 0 spiro atoms. The van der Waals surface area contributed by atoms with Crippen molar-refractivity contribution in [2.45, 2.75) is 77.7 Å². The summed E-state index contributed by atoms with van der Waals surface area (Å²) in [5, 5.41) is 0. The van der Waals surface area contributed by atoms with Crippen molar-refractivity contribution in [1.29, 1.82) is 0 Å². The number of fused-ring (bicyclic) bond motifs is 3. The minimum atomic E-state index is -0.512. The molecule has 1 aliphatic rings.